The number of halogens is 1. The number of nitrogens with two attached hydrogens (primary N) is 1. The summed E-state index contributed by atoms with van der Waals surface area (Å²) in [6, 6.07) is 12.4. The van der Waals surface area contributed by atoms with Gasteiger partial charge in [-0.15, -0.1) is 0 Å². The van der Waals surface area contributed by atoms with E-state index in [1.165, 1.54) is 0 Å². The molecular weight excluding hydrogens is 238 g/mol. The van der Waals surface area contributed by atoms with Gasteiger partial charge >= 0.3 is 0 Å². The third kappa shape index (κ3) is 2.63. The zero-order valence-corrected chi connectivity index (χ0v) is 10.1. The summed E-state index contributed by atoms with van der Waals surface area (Å²) in [4.78, 5) is 0. The van der Waals surface area contributed by atoms with Gasteiger partial charge in [-0.3, -0.25) is 0 Å². The monoisotopic (exact) mass is 249 g/mol. The van der Waals surface area contributed by atoms with Gasteiger partial charge in [-0.2, -0.15) is 0 Å². The fourth-order valence-electron chi connectivity index (χ4n) is 1.38. The van der Waals surface area contributed by atoms with E-state index in [2.05, 4.69) is 0 Å². The normalized spacial score (nSPS) is 10.0. The van der Waals surface area contributed by atoms with Crippen LogP contribution < -0.4 is 15.2 Å². The van der Waals surface area contributed by atoms with Crippen LogP contribution >= 0.6 is 11.6 Å². The topological polar surface area (TPSA) is 44.5 Å². The third-order valence-corrected chi connectivity index (χ3v) is 2.59. The largest absolute Gasteiger partial charge is 0.497 e. The highest BCUT2D eigenvalue weighted by molar-refractivity contribution is 6.32. The van der Waals surface area contributed by atoms with E-state index in [1.54, 1.807) is 37.4 Å². The van der Waals surface area contributed by atoms with Gasteiger partial charge in [0.1, 0.15) is 11.5 Å². The Morgan fingerprint density at radius 2 is 1.82 bits per heavy atom. The Kier molecular flexibility index (Phi) is 3.40. The Morgan fingerprint density at radius 1 is 1.06 bits per heavy atom. The van der Waals surface area contributed by atoms with Gasteiger partial charge in [-0.05, 0) is 24.3 Å². The Morgan fingerprint density at radius 3 is 2.53 bits per heavy atom. The van der Waals surface area contributed by atoms with E-state index < -0.39 is 0 Å². The van der Waals surface area contributed by atoms with Crippen molar-refractivity contribution >= 4 is 17.3 Å². The molecule has 0 radical (unpaired) electrons. The number of methoxy groups -OCH3 is 1. The van der Waals surface area contributed by atoms with Crippen LogP contribution in [0.2, 0.25) is 5.02 Å². The number of rotatable bonds is 3. The number of para-hydroxylation sites is 1. The highest BCUT2D eigenvalue weighted by atomic mass is 35.5. The van der Waals surface area contributed by atoms with Crippen molar-refractivity contribution < 1.29 is 9.47 Å². The lowest BCUT2D eigenvalue weighted by Crippen LogP contribution is -1.93. The van der Waals surface area contributed by atoms with Crippen LogP contribution in [0.3, 0.4) is 0 Å². The predicted octanol–water partition coefficient (Wildman–Crippen LogP) is 3.72. The first kappa shape index (κ1) is 11.6. The molecule has 17 heavy (non-hydrogen) atoms. The average Bonchev–Trinajstić information content (AvgIpc) is 2.35. The van der Waals surface area contributed by atoms with Crippen LogP contribution in [0.5, 0.6) is 17.2 Å². The molecule has 0 unspecified atom stereocenters. The predicted molar refractivity (Wildman–Crippen MR) is 68.9 cm³/mol. The Balaban J connectivity index is 2.32. The molecule has 0 spiro atoms. The maximum Gasteiger partial charge on any atom is 0.154 e. The second kappa shape index (κ2) is 4.97. The first-order chi connectivity index (χ1) is 8.20. The van der Waals surface area contributed by atoms with E-state index in [-0.39, 0.29) is 0 Å². The molecule has 0 amide bonds. The number of ether oxygens (including phenoxy) is 2. The van der Waals surface area contributed by atoms with Crippen molar-refractivity contribution in [1.82, 2.24) is 0 Å². The minimum atomic E-state index is 0.525. The van der Waals surface area contributed by atoms with E-state index in [0.29, 0.717) is 28.0 Å². The molecule has 0 bridgehead atoms. The molecule has 4 heteroatoms. The molecule has 0 aliphatic heterocycles. The van der Waals surface area contributed by atoms with E-state index in [0.717, 1.165) is 0 Å². The van der Waals surface area contributed by atoms with E-state index >= 15 is 0 Å². The number of anilines is 1. The number of benzene rings is 2. The van der Waals surface area contributed by atoms with Crippen LogP contribution in [0.1, 0.15) is 0 Å². The van der Waals surface area contributed by atoms with Gasteiger partial charge in [-0.25, -0.2) is 0 Å². The van der Waals surface area contributed by atoms with E-state index in [4.69, 9.17) is 26.8 Å². The maximum absolute atomic E-state index is 6.00. The van der Waals surface area contributed by atoms with E-state index in [9.17, 15) is 0 Å². The fourth-order valence-corrected chi connectivity index (χ4v) is 1.55. The quantitative estimate of drug-likeness (QED) is 0.843. The summed E-state index contributed by atoms with van der Waals surface area (Å²) in [6.07, 6.45) is 0. The number of hydrogen-bond donors (Lipinski definition) is 1. The Hall–Kier alpha value is -1.87. The van der Waals surface area contributed by atoms with Gasteiger partial charge in [0.15, 0.2) is 5.75 Å². The van der Waals surface area contributed by atoms with Crippen LogP contribution in [-0.4, -0.2) is 7.11 Å². The molecule has 0 heterocycles. The van der Waals surface area contributed by atoms with Gasteiger partial charge in [0.05, 0.1) is 17.8 Å². The van der Waals surface area contributed by atoms with Gasteiger partial charge in [0.25, 0.3) is 0 Å². The third-order valence-electron chi connectivity index (χ3n) is 2.28. The molecule has 2 aromatic rings. The minimum Gasteiger partial charge on any atom is -0.497 e. The van der Waals surface area contributed by atoms with Crippen LogP contribution in [0, 0.1) is 0 Å². The lowest BCUT2D eigenvalue weighted by molar-refractivity contribution is 0.409. The average molecular weight is 250 g/mol. The first-order valence-corrected chi connectivity index (χ1v) is 5.44. The van der Waals surface area contributed by atoms with E-state index in [1.807, 2.05) is 12.1 Å². The molecule has 2 aromatic carbocycles. The minimum absolute atomic E-state index is 0.525. The van der Waals surface area contributed by atoms with Crippen molar-refractivity contribution in [2.75, 3.05) is 12.8 Å². The van der Waals surface area contributed by atoms with Crippen molar-refractivity contribution in [3.63, 3.8) is 0 Å². The molecule has 0 saturated heterocycles. The molecular formula is C13H12ClNO2. The highest BCUT2D eigenvalue weighted by Gasteiger charge is 2.06. The summed E-state index contributed by atoms with van der Waals surface area (Å²) < 4.78 is 10.8. The van der Waals surface area contributed by atoms with Crippen LogP contribution in [0.25, 0.3) is 0 Å². The summed E-state index contributed by atoms with van der Waals surface area (Å²) in [5, 5.41) is 0.537. The molecule has 0 fully saturated rings. The van der Waals surface area contributed by atoms with Crippen molar-refractivity contribution in [2.24, 2.45) is 0 Å². The van der Waals surface area contributed by atoms with Crippen LogP contribution in [-0.2, 0) is 0 Å². The lowest BCUT2D eigenvalue weighted by atomic mass is 10.2. The second-order valence-electron chi connectivity index (χ2n) is 3.44. The van der Waals surface area contributed by atoms with Gasteiger partial charge in [0.2, 0.25) is 0 Å². The summed E-state index contributed by atoms with van der Waals surface area (Å²) in [6.45, 7) is 0. The van der Waals surface area contributed by atoms with Gasteiger partial charge < -0.3 is 15.2 Å². The smallest absolute Gasteiger partial charge is 0.154 e. The van der Waals surface area contributed by atoms with Crippen molar-refractivity contribution in [1.29, 1.82) is 0 Å². The maximum atomic E-state index is 6.00. The zero-order chi connectivity index (χ0) is 12.3. The molecule has 0 aliphatic rings. The summed E-state index contributed by atoms with van der Waals surface area (Å²) in [5.41, 5.74) is 6.35. The number of nitrogen functional groups attached to an aromatic ring is 1. The zero-order valence-electron chi connectivity index (χ0n) is 9.31. The molecule has 0 aliphatic carbocycles. The number of hydrogen-bond acceptors (Lipinski definition) is 3. The van der Waals surface area contributed by atoms with Crippen molar-refractivity contribution in [3.05, 3.63) is 47.5 Å². The summed E-state index contributed by atoms with van der Waals surface area (Å²) >= 11 is 6.00. The summed E-state index contributed by atoms with van der Waals surface area (Å²) in [5.74, 6) is 1.77. The lowest BCUT2D eigenvalue weighted by Gasteiger charge is -2.10. The van der Waals surface area contributed by atoms with Gasteiger partial charge in [0, 0.05) is 6.07 Å². The Labute approximate surface area is 105 Å². The van der Waals surface area contributed by atoms with Crippen LogP contribution in [0.4, 0.5) is 5.69 Å². The molecule has 88 valence electrons. The van der Waals surface area contributed by atoms with Crippen molar-refractivity contribution in [2.45, 2.75) is 0 Å². The second-order valence-corrected chi connectivity index (χ2v) is 3.84. The molecule has 0 saturated carbocycles. The fraction of sp³-hybridized carbons (Fsp3) is 0.0769. The molecule has 0 atom stereocenters. The van der Waals surface area contributed by atoms with Gasteiger partial charge in [-0.1, -0.05) is 23.7 Å². The highest BCUT2D eigenvalue weighted by Crippen LogP contribution is 2.34. The molecule has 0 aromatic heterocycles. The first-order valence-electron chi connectivity index (χ1n) is 5.06. The van der Waals surface area contributed by atoms with Crippen molar-refractivity contribution in [3.8, 4) is 17.2 Å². The summed E-state index contributed by atoms with van der Waals surface area (Å²) in [7, 11) is 1.59. The van der Waals surface area contributed by atoms with Crippen LogP contribution in [0.15, 0.2) is 42.5 Å². The molecule has 2 N–H and O–H groups in total. The Bertz CT molecular complexity index is 529. The SMILES string of the molecule is COc1ccc(N)c(Oc2ccccc2Cl)c1. The molecule has 2 rings (SSSR count). The molecule has 3 nitrogen and oxygen atoms in total. The standard InChI is InChI=1S/C13H12ClNO2/c1-16-9-6-7-11(15)13(8-9)17-12-5-3-2-4-10(12)14/h2-8H,15H2,1H3.